The number of nitrogens with one attached hydrogen (secondary N) is 1. The zero-order chi connectivity index (χ0) is 13.7. The van der Waals surface area contributed by atoms with E-state index in [1.54, 1.807) is 0 Å². The Balaban J connectivity index is 2.16. The Morgan fingerprint density at radius 3 is 2.53 bits per heavy atom. The van der Waals surface area contributed by atoms with E-state index in [0.29, 0.717) is 6.04 Å². The van der Waals surface area contributed by atoms with Crippen molar-refractivity contribution < 1.29 is 0 Å². The maximum absolute atomic E-state index is 4.44. The highest BCUT2D eigenvalue weighted by Gasteiger charge is 2.26. The van der Waals surface area contributed by atoms with E-state index in [0.717, 1.165) is 12.5 Å². The summed E-state index contributed by atoms with van der Waals surface area (Å²) in [6, 6.07) is 0.506. The number of nitrogens with zero attached hydrogens (tertiary/aromatic N) is 2. The van der Waals surface area contributed by atoms with Gasteiger partial charge in [-0.15, -0.1) is 0 Å². The Kier molecular flexibility index (Phi) is 5.44. The molecule has 0 radical (unpaired) electrons. The Morgan fingerprint density at radius 2 is 2.00 bits per heavy atom. The van der Waals surface area contributed by atoms with Crippen molar-refractivity contribution in [3.63, 3.8) is 0 Å². The van der Waals surface area contributed by atoms with Gasteiger partial charge < -0.3 is 5.32 Å². The zero-order valence-electron chi connectivity index (χ0n) is 12.8. The van der Waals surface area contributed by atoms with E-state index >= 15 is 0 Å². The average molecular weight is 263 g/mol. The van der Waals surface area contributed by atoms with Gasteiger partial charge in [0.05, 0.1) is 6.20 Å². The van der Waals surface area contributed by atoms with Crippen LogP contribution in [-0.4, -0.2) is 16.3 Å². The third-order valence-electron chi connectivity index (χ3n) is 4.59. The van der Waals surface area contributed by atoms with Gasteiger partial charge in [-0.05, 0) is 38.6 Å². The number of hydrogen-bond acceptors (Lipinski definition) is 2. The molecule has 1 aromatic rings. The lowest BCUT2D eigenvalue weighted by atomic mass is 9.87. The molecule has 3 nitrogen and oxygen atoms in total. The molecule has 1 aromatic heterocycles. The third-order valence-corrected chi connectivity index (χ3v) is 4.59. The lowest BCUT2D eigenvalue weighted by molar-refractivity contribution is 0.324. The molecule has 1 heterocycles. The van der Waals surface area contributed by atoms with Crippen molar-refractivity contribution in [2.75, 3.05) is 6.54 Å². The molecule has 1 N–H and O–H groups in total. The normalized spacial score (nSPS) is 19.3. The second-order valence-electron chi connectivity index (χ2n) is 5.99. The van der Waals surface area contributed by atoms with Crippen LogP contribution in [0.5, 0.6) is 0 Å². The highest BCUT2D eigenvalue weighted by atomic mass is 15.3. The SMILES string of the molecule is CCCNC(c1cnn(C)c1C)C1CCCCCC1. The number of aromatic nitrogens is 2. The summed E-state index contributed by atoms with van der Waals surface area (Å²) in [4.78, 5) is 0. The summed E-state index contributed by atoms with van der Waals surface area (Å²) in [5, 5.41) is 8.22. The summed E-state index contributed by atoms with van der Waals surface area (Å²) < 4.78 is 2.01. The van der Waals surface area contributed by atoms with Crippen molar-refractivity contribution in [1.29, 1.82) is 0 Å². The van der Waals surface area contributed by atoms with Crippen LogP contribution in [-0.2, 0) is 7.05 Å². The maximum atomic E-state index is 4.44. The Labute approximate surface area is 117 Å². The first-order chi connectivity index (χ1) is 9.24. The van der Waals surface area contributed by atoms with Crippen LogP contribution in [0.1, 0.15) is 69.2 Å². The van der Waals surface area contributed by atoms with Gasteiger partial charge in [0.1, 0.15) is 0 Å². The fourth-order valence-electron chi connectivity index (χ4n) is 3.30. The highest BCUT2D eigenvalue weighted by molar-refractivity contribution is 5.21. The van der Waals surface area contributed by atoms with Gasteiger partial charge in [0.2, 0.25) is 0 Å². The van der Waals surface area contributed by atoms with Gasteiger partial charge >= 0.3 is 0 Å². The van der Waals surface area contributed by atoms with Gasteiger partial charge in [-0.25, -0.2) is 0 Å². The fourth-order valence-corrected chi connectivity index (χ4v) is 3.30. The molecule has 3 heteroatoms. The van der Waals surface area contributed by atoms with Crippen molar-refractivity contribution >= 4 is 0 Å². The zero-order valence-corrected chi connectivity index (χ0v) is 12.8. The Hall–Kier alpha value is -0.830. The monoisotopic (exact) mass is 263 g/mol. The second-order valence-corrected chi connectivity index (χ2v) is 5.99. The van der Waals surface area contributed by atoms with Crippen molar-refractivity contribution in [3.8, 4) is 0 Å². The maximum Gasteiger partial charge on any atom is 0.0540 e. The van der Waals surface area contributed by atoms with Crippen LogP contribution in [0.2, 0.25) is 0 Å². The van der Waals surface area contributed by atoms with E-state index < -0.39 is 0 Å². The predicted octanol–water partition coefficient (Wildman–Crippen LogP) is 3.74. The molecule has 0 amide bonds. The van der Waals surface area contributed by atoms with Crippen molar-refractivity contribution in [2.24, 2.45) is 13.0 Å². The molecule has 1 unspecified atom stereocenters. The molecular weight excluding hydrogens is 234 g/mol. The summed E-state index contributed by atoms with van der Waals surface area (Å²) in [5.74, 6) is 0.789. The minimum atomic E-state index is 0.506. The fraction of sp³-hybridized carbons (Fsp3) is 0.812. The molecule has 0 bridgehead atoms. The lowest BCUT2D eigenvalue weighted by Gasteiger charge is -2.27. The van der Waals surface area contributed by atoms with Gasteiger partial charge in [-0.2, -0.15) is 5.10 Å². The van der Waals surface area contributed by atoms with Crippen LogP contribution in [0.3, 0.4) is 0 Å². The summed E-state index contributed by atoms with van der Waals surface area (Å²) in [5.41, 5.74) is 2.74. The third kappa shape index (κ3) is 3.59. The molecule has 0 aromatic carbocycles. The van der Waals surface area contributed by atoms with Crippen LogP contribution in [0.4, 0.5) is 0 Å². The lowest BCUT2D eigenvalue weighted by Crippen LogP contribution is -2.29. The first-order valence-electron chi connectivity index (χ1n) is 7.96. The molecule has 1 fully saturated rings. The second kappa shape index (κ2) is 7.09. The quantitative estimate of drug-likeness (QED) is 0.820. The highest BCUT2D eigenvalue weighted by Crippen LogP contribution is 2.34. The molecule has 1 atom stereocenters. The molecular formula is C16H29N3. The molecule has 19 heavy (non-hydrogen) atoms. The van der Waals surface area contributed by atoms with Crippen LogP contribution >= 0.6 is 0 Å². The minimum Gasteiger partial charge on any atom is -0.310 e. The summed E-state index contributed by atoms with van der Waals surface area (Å²) >= 11 is 0. The number of hydrogen-bond donors (Lipinski definition) is 1. The van der Waals surface area contributed by atoms with Crippen molar-refractivity contribution in [1.82, 2.24) is 15.1 Å². The molecule has 1 aliphatic rings. The molecule has 1 saturated carbocycles. The number of aryl methyl sites for hydroxylation is 1. The Bertz CT molecular complexity index is 375. The van der Waals surface area contributed by atoms with Gasteiger partial charge in [-0.3, -0.25) is 4.68 Å². The van der Waals surface area contributed by atoms with Gasteiger partial charge in [0.15, 0.2) is 0 Å². The smallest absolute Gasteiger partial charge is 0.0540 e. The first kappa shape index (κ1) is 14.6. The number of rotatable bonds is 5. The van der Waals surface area contributed by atoms with E-state index in [-0.39, 0.29) is 0 Å². The molecule has 1 aliphatic carbocycles. The van der Waals surface area contributed by atoms with E-state index in [1.807, 2.05) is 11.7 Å². The standard InChI is InChI=1S/C16H29N3/c1-4-11-17-16(14-9-7-5-6-8-10-14)15-12-18-19(3)13(15)2/h12,14,16-17H,4-11H2,1-3H3. The first-order valence-corrected chi connectivity index (χ1v) is 7.96. The van der Waals surface area contributed by atoms with E-state index in [9.17, 15) is 0 Å². The van der Waals surface area contributed by atoms with Crippen LogP contribution < -0.4 is 5.32 Å². The van der Waals surface area contributed by atoms with Gasteiger partial charge in [-0.1, -0.05) is 32.6 Å². The molecule has 108 valence electrons. The van der Waals surface area contributed by atoms with Crippen molar-refractivity contribution in [2.45, 2.75) is 64.8 Å². The molecule has 0 saturated heterocycles. The largest absolute Gasteiger partial charge is 0.310 e. The van der Waals surface area contributed by atoms with Crippen molar-refractivity contribution in [3.05, 3.63) is 17.5 Å². The van der Waals surface area contributed by atoms with Gasteiger partial charge in [0.25, 0.3) is 0 Å². The average Bonchev–Trinajstić information content (AvgIpc) is 2.63. The van der Waals surface area contributed by atoms with E-state index in [1.165, 1.54) is 56.2 Å². The predicted molar refractivity (Wildman–Crippen MR) is 80.2 cm³/mol. The van der Waals surface area contributed by atoms with Crippen LogP contribution in [0.15, 0.2) is 6.20 Å². The van der Waals surface area contributed by atoms with Gasteiger partial charge in [0, 0.05) is 24.3 Å². The Morgan fingerprint density at radius 1 is 1.32 bits per heavy atom. The molecule has 0 aliphatic heterocycles. The molecule has 2 rings (SSSR count). The van der Waals surface area contributed by atoms with Crippen LogP contribution in [0.25, 0.3) is 0 Å². The topological polar surface area (TPSA) is 29.9 Å². The summed E-state index contributed by atoms with van der Waals surface area (Å²) in [6.07, 6.45) is 11.6. The van der Waals surface area contributed by atoms with E-state index in [2.05, 4.69) is 30.5 Å². The minimum absolute atomic E-state index is 0.506. The van der Waals surface area contributed by atoms with E-state index in [4.69, 9.17) is 0 Å². The summed E-state index contributed by atoms with van der Waals surface area (Å²) in [7, 11) is 2.04. The molecule has 0 spiro atoms. The summed E-state index contributed by atoms with van der Waals surface area (Å²) in [6.45, 7) is 5.54. The van der Waals surface area contributed by atoms with Crippen LogP contribution in [0, 0.1) is 12.8 Å².